The third kappa shape index (κ3) is 6.91. The maximum atomic E-state index is 3.63. The SMILES string of the molecule is C=CN/C(C)=C(/C)C=C.CC. The van der Waals surface area contributed by atoms with Crippen LogP contribution in [0.1, 0.15) is 27.7 Å². The Morgan fingerprint density at radius 1 is 1.18 bits per heavy atom. The summed E-state index contributed by atoms with van der Waals surface area (Å²) in [4.78, 5) is 0. The average molecular weight is 153 g/mol. The van der Waals surface area contributed by atoms with Crippen molar-refractivity contribution < 1.29 is 0 Å². The van der Waals surface area contributed by atoms with E-state index in [4.69, 9.17) is 0 Å². The van der Waals surface area contributed by atoms with Crippen LogP contribution in [0.15, 0.2) is 36.7 Å². The van der Waals surface area contributed by atoms with Gasteiger partial charge in [0.25, 0.3) is 0 Å². The van der Waals surface area contributed by atoms with Crippen molar-refractivity contribution in [2.24, 2.45) is 0 Å². The molecule has 1 heteroatoms. The summed E-state index contributed by atoms with van der Waals surface area (Å²) in [5.41, 5.74) is 2.25. The van der Waals surface area contributed by atoms with Gasteiger partial charge < -0.3 is 5.32 Å². The molecule has 0 heterocycles. The Bertz CT molecular complexity index is 143. The molecule has 11 heavy (non-hydrogen) atoms. The Labute approximate surface area is 70.5 Å². The van der Waals surface area contributed by atoms with Crippen LogP contribution in [0, 0.1) is 0 Å². The Morgan fingerprint density at radius 2 is 1.64 bits per heavy atom. The van der Waals surface area contributed by atoms with E-state index in [0.717, 1.165) is 11.3 Å². The van der Waals surface area contributed by atoms with Crippen molar-refractivity contribution in [3.8, 4) is 0 Å². The molecule has 0 spiro atoms. The van der Waals surface area contributed by atoms with Gasteiger partial charge >= 0.3 is 0 Å². The highest BCUT2D eigenvalue weighted by Gasteiger charge is 1.85. The van der Waals surface area contributed by atoms with Crippen LogP contribution in [0.25, 0.3) is 0 Å². The van der Waals surface area contributed by atoms with Gasteiger partial charge in [0.2, 0.25) is 0 Å². The Hall–Kier alpha value is -0.980. The van der Waals surface area contributed by atoms with Crippen molar-refractivity contribution >= 4 is 0 Å². The van der Waals surface area contributed by atoms with Crippen LogP contribution >= 0.6 is 0 Å². The zero-order valence-electron chi connectivity index (χ0n) is 8.07. The highest BCUT2D eigenvalue weighted by molar-refractivity contribution is 5.19. The summed E-state index contributed by atoms with van der Waals surface area (Å²) in [7, 11) is 0. The predicted molar refractivity (Wildman–Crippen MR) is 53.3 cm³/mol. The Balaban J connectivity index is 0. The van der Waals surface area contributed by atoms with Crippen LogP contribution in [-0.2, 0) is 0 Å². The molecule has 0 aromatic heterocycles. The molecule has 0 aliphatic heterocycles. The van der Waals surface area contributed by atoms with E-state index in [9.17, 15) is 0 Å². The average Bonchev–Trinajstić information content (AvgIpc) is 2.07. The second kappa shape index (κ2) is 9.02. The first-order valence-corrected chi connectivity index (χ1v) is 3.89. The van der Waals surface area contributed by atoms with Crippen LogP contribution in [0.2, 0.25) is 0 Å². The molecule has 0 unspecified atom stereocenters. The Kier molecular flexibility index (Phi) is 10.4. The fourth-order valence-corrected chi connectivity index (χ4v) is 0.420. The monoisotopic (exact) mass is 153 g/mol. The van der Waals surface area contributed by atoms with Gasteiger partial charge in [0, 0.05) is 5.70 Å². The van der Waals surface area contributed by atoms with Gasteiger partial charge in [0.05, 0.1) is 0 Å². The van der Waals surface area contributed by atoms with Crippen LogP contribution in [0.4, 0.5) is 0 Å². The molecule has 0 radical (unpaired) electrons. The first kappa shape index (κ1) is 12.7. The lowest BCUT2D eigenvalue weighted by Gasteiger charge is -2.00. The fourth-order valence-electron chi connectivity index (χ4n) is 0.420. The van der Waals surface area contributed by atoms with Gasteiger partial charge in [-0.15, -0.1) is 0 Å². The lowest BCUT2D eigenvalue weighted by atomic mass is 10.2. The number of hydrogen-bond donors (Lipinski definition) is 1. The number of hydrogen-bond acceptors (Lipinski definition) is 1. The van der Waals surface area contributed by atoms with Gasteiger partial charge in [0.15, 0.2) is 0 Å². The van der Waals surface area contributed by atoms with Crippen LogP contribution < -0.4 is 5.32 Å². The van der Waals surface area contributed by atoms with E-state index in [1.807, 2.05) is 33.8 Å². The molecule has 64 valence electrons. The zero-order chi connectivity index (χ0) is 9.28. The maximum absolute atomic E-state index is 3.63. The molecule has 0 rings (SSSR count). The molecule has 1 nitrogen and oxygen atoms in total. The molecule has 0 fully saturated rings. The van der Waals surface area contributed by atoms with Crippen molar-refractivity contribution in [3.05, 3.63) is 36.7 Å². The van der Waals surface area contributed by atoms with Crippen molar-refractivity contribution in [1.82, 2.24) is 5.32 Å². The molecule has 0 aliphatic carbocycles. The largest absolute Gasteiger partial charge is 0.366 e. The second-order valence-corrected chi connectivity index (χ2v) is 1.86. The second-order valence-electron chi connectivity index (χ2n) is 1.86. The van der Waals surface area contributed by atoms with Gasteiger partial charge in [-0.2, -0.15) is 0 Å². The summed E-state index contributed by atoms with van der Waals surface area (Å²) in [6, 6.07) is 0. The van der Waals surface area contributed by atoms with Gasteiger partial charge in [-0.25, -0.2) is 0 Å². The number of rotatable bonds is 3. The zero-order valence-corrected chi connectivity index (χ0v) is 8.07. The topological polar surface area (TPSA) is 12.0 Å². The quantitative estimate of drug-likeness (QED) is 0.614. The lowest BCUT2D eigenvalue weighted by molar-refractivity contribution is 1.04. The van der Waals surface area contributed by atoms with Crippen molar-refractivity contribution in [2.45, 2.75) is 27.7 Å². The smallest absolute Gasteiger partial charge is 0.0144 e. The molecular formula is C10H19N. The highest BCUT2D eigenvalue weighted by atomic mass is 14.8. The molecule has 0 atom stereocenters. The molecule has 0 bridgehead atoms. The van der Waals surface area contributed by atoms with E-state index in [-0.39, 0.29) is 0 Å². The summed E-state index contributed by atoms with van der Waals surface area (Å²) in [6.45, 7) is 15.2. The molecule has 0 aromatic rings. The van der Waals surface area contributed by atoms with E-state index < -0.39 is 0 Å². The predicted octanol–water partition coefficient (Wildman–Crippen LogP) is 3.23. The first-order valence-electron chi connectivity index (χ1n) is 3.89. The van der Waals surface area contributed by atoms with Gasteiger partial charge in [-0.05, 0) is 25.6 Å². The van der Waals surface area contributed by atoms with Crippen molar-refractivity contribution in [2.75, 3.05) is 0 Å². The third-order valence-electron chi connectivity index (χ3n) is 1.22. The molecule has 0 saturated heterocycles. The summed E-state index contributed by atoms with van der Waals surface area (Å²) in [6.07, 6.45) is 3.47. The van der Waals surface area contributed by atoms with Gasteiger partial charge in [-0.1, -0.05) is 33.1 Å². The van der Waals surface area contributed by atoms with Crippen molar-refractivity contribution in [3.63, 3.8) is 0 Å². The number of allylic oxidation sites excluding steroid dienone is 3. The van der Waals surface area contributed by atoms with Crippen molar-refractivity contribution in [1.29, 1.82) is 0 Å². The van der Waals surface area contributed by atoms with E-state index in [2.05, 4.69) is 18.5 Å². The molecular weight excluding hydrogens is 134 g/mol. The fraction of sp³-hybridized carbons (Fsp3) is 0.400. The summed E-state index contributed by atoms with van der Waals surface area (Å²) in [5.74, 6) is 0. The van der Waals surface area contributed by atoms with Crippen LogP contribution in [0.5, 0.6) is 0 Å². The summed E-state index contributed by atoms with van der Waals surface area (Å²) < 4.78 is 0. The van der Waals surface area contributed by atoms with Gasteiger partial charge in [0.1, 0.15) is 0 Å². The molecule has 0 aliphatic rings. The molecule has 0 aromatic carbocycles. The van der Waals surface area contributed by atoms with E-state index in [1.54, 1.807) is 6.20 Å². The normalized spacial score (nSPS) is 10.2. The minimum Gasteiger partial charge on any atom is -0.366 e. The summed E-state index contributed by atoms with van der Waals surface area (Å²) >= 11 is 0. The van der Waals surface area contributed by atoms with Gasteiger partial charge in [-0.3, -0.25) is 0 Å². The van der Waals surface area contributed by atoms with E-state index in [1.165, 1.54) is 0 Å². The molecule has 0 amide bonds. The standard InChI is InChI=1S/C8H13N.C2H6/c1-5-7(3)8(4)9-6-2;1-2/h5-6,9H,1-2H2,3-4H3;1-2H3/b8-7-;. The maximum Gasteiger partial charge on any atom is 0.0144 e. The first-order chi connectivity index (χ1) is 5.22. The minimum atomic E-state index is 1.10. The highest BCUT2D eigenvalue weighted by Crippen LogP contribution is 1.98. The Morgan fingerprint density at radius 3 is 1.91 bits per heavy atom. The van der Waals surface area contributed by atoms with E-state index in [0.29, 0.717) is 0 Å². The minimum absolute atomic E-state index is 1.10. The third-order valence-corrected chi connectivity index (χ3v) is 1.22. The molecule has 0 saturated carbocycles. The number of nitrogens with one attached hydrogen (secondary N) is 1. The summed E-state index contributed by atoms with van der Waals surface area (Å²) in [5, 5.41) is 2.97. The lowest BCUT2D eigenvalue weighted by Crippen LogP contribution is -2.01. The van der Waals surface area contributed by atoms with Crippen LogP contribution in [0.3, 0.4) is 0 Å². The van der Waals surface area contributed by atoms with E-state index >= 15 is 0 Å². The van der Waals surface area contributed by atoms with Crippen LogP contribution in [-0.4, -0.2) is 0 Å². The molecule has 1 N–H and O–H groups in total.